The number of pyridine rings is 2. The summed E-state index contributed by atoms with van der Waals surface area (Å²) >= 11 is 24.5. The molecule has 2 aromatic heterocycles. The van der Waals surface area contributed by atoms with Gasteiger partial charge in [0.1, 0.15) is 0 Å². The Kier molecular flexibility index (Phi) is 21.6. The van der Waals surface area contributed by atoms with Crippen LogP contribution in [0.3, 0.4) is 0 Å². The lowest BCUT2D eigenvalue weighted by Crippen LogP contribution is -2.15. The summed E-state index contributed by atoms with van der Waals surface area (Å²) in [4.78, 5) is 52.1. The van der Waals surface area contributed by atoms with Gasteiger partial charge in [-0.05, 0) is 82.9 Å². The Hall–Kier alpha value is -6.26. The van der Waals surface area contributed by atoms with Gasteiger partial charge < -0.3 is 41.3 Å². The van der Waals surface area contributed by atoms with E-state index in [2.05, 4.69) is 30.1 Å². The topological polar surface area (TPSA) is 240 Å². The summed E-state index contributed by atoms with van der Waals surface area (Å²) in [7, 11) is 0. The van der Waals surface area contributed by atoms with Crippen LogP contribution in [0, 0.1) is 0 Å². The number of anilines is 4. The molecule has 314 valence electrons. The maximum Gasteiger partial charge on any atom is 0.341 e. The van der Waals surface area contributed by atoms with Crippen molar-refractivity contribution in [2.45, 2.75) is 12.8 Å². The zero-order valence-corrected chi connectivity index (χ0v) is 34.3. The summed E-state index contributed by atoms with van der Waals surface area (Å²) in [6, 6.07) is 32.3. The summed E-state index contributed by atoms with van der Waals surface area (Å²) < 4.78 is 9.28. The number of hydrogen-bond donors (Lipinski definition) is 4. The molecule has 0 aliphatic rings. The Balaban J connectivity index is 0.000000319. The Labute approximate surface area is 364 Å². The van der Waals surface area contributed by atoms with Gasteiger partial charge in [0.25, 0.3) is 0 Å². The third-order valence-corrected chi connectivity index (χ3v) is 8.82. The van der Waals surface area contributed by atoms with E-state index in [4.69, 9.17) is 56.6 Å². The second-order valence-electron chi connectivity index (χ2n) is 11.7. The minimum absolute atomic E-state index is 0. The number of hydrogen-bond acceptors (Lipinski definition) is 10. The molecule has 2 heterocycles. The van der Waals surface area contributed by atoms with Gasteiger partial charge in [0.2, 0.25) is 0 Å². The van der Waals surface area contributed by atoms with Crippen molar-refractivity contribution < 1.29 is 49.8 Å². The minimum atomic E-state index is -1.20. The van der Waals surface area contributed by atoms with Crippen LogP contribution in [-0.4, -0.2) is 68.2 Å². The number of para-hydroxylation sites is 4. The maximum atomic E-state index is 11.7. The molecule has 6 rings (SSSR count). The summed E-state index contributed by atoms with van der Waals surface area (Å²) in [6.45, 7) is -1.32. The molecule has 6 aromatic rings. The van der Waals surface area contributed by atoms with Crippen molar-refractivity contribution in [1.29, 1.82) is 0 Å². The quantitative estimate of drug-likeness (QED) is 0.0801. The molecule has 0 radical (unpaired) electrons. The minimum Gasteiger partial charge on any atom is -0.479 e. The number of aliphatic carboxylic acids is 2. The van der Waals surface area contributed by atoms with Gasteiger partial charge in [0.05, 0.1) is 44.3 Å². The number of esters is 2. The molecule has 0 aliphatic heterocycles. The largest absolute Gasteiger partial charge is 0.479 e. The van der Waals surface area contributed by atoms with Crippen molar-refractivity contribution in [3.8, 4) is 11.1 Å². The summed E-state index contributed by atoms with van der Waals surface area (Å²) in [5, 5.41) is 25.0. The molecule has 0 amide bonds. The number of nitrogens with zero attached hydrogens (tertiary/aromatic N) is 2. The average Bonchev–Trinajstić information content (AvgIpc) is 3.21. The van der Waals surface area contributed by atoms with Crippen molar-refractivity contribution in [1.82, 2.24) is 9.97 Å². The number of rotatable bonds is 13. The molecule has 8 N–H and O–H groups in total. The number of carboxylic acids is 2. The van der Waals surface area contributed by atoms with Crippen LogP contribution in [0.2, 0.25) is 20.1 Å². The van der Waals surface area contributed by atoms with E-state index in [9.17, 15) is 19.2 Å². The van der Waals surface area contributed by atoms with Gasteiger partial charge in [-0.25, -0.2) is 9.59 Å². The number of aromatic nitrogens is 2. The predicted molar refractivity (Wildman–Crippen MR) is 232 cm³/mol. The number of nitrogens with one attached hydrogen (secondary N) is 2. The molecule has 0 aliphatic carbocycles. The Morgan fingerprint density at radius 2 is 0.800 bits per heavy atom. The van der Waals surface area contributed by atoms with Gasteiger partial charge in [-0.3, -0.25) is 19.6 Å². The van der Waals surface area contributed by atoms with E-state index < -0.39 is 37.1 Å². The summed E-state index contributed by atoms with van der Waals surface area (Å²) in [5.41, 5.74) is 5.95. The molecule has 0 spiro atoms. The first-order valence-electron chi connectivity index (χ1n) is 17.0. The van der Waals surface area contributed by atoms with Crippen LogP contribution in [-0.2, 0) is 41.5 Å². The van der Waals surface area contributed by atoms with Crippen LogP contribution >= 0.6 is 46.4 Å². The van der Waals surface area contributed by atoms with E-state index in [1.165, 1.54) is 11.1 Å². The molecule has 60 heavy (non-hydrogen) atoms. The number of halogens is 4. The molecular formula is C42H38Cl4N4O10. The third kappa shape index (κ3) is 16.5. The summed E-state index contributed by atoms with van der Waals surface area (Å²) in [6.07, 6.45) is 7.01. The van der Waals surface area contributed by atoms with E-state index in [1.54, 1.807) is 110 Å². The van der Waals surface area contributed by atoms with Crippen molar-refractivity contribution in [3.63, 3.8) is 0 Å². The smallest absolute Gasteiger partial charge is 0.341 e. The van der Waals surface area contributed by atoms with Gasteiger partial charge in [0.15, 0.2) is 13.2 Å². The van der Waals surface area contributed by atoms with Crippen molar-refractivity contribution in [3.05, 3.63) is 165 Å². The van der Waals surface area contributed by atoms with Crippen molar-refractivity contribution >= 4 is 93.0 Å². The van der Waals surface area contributed by atoms with E-state index in [-0.39, 0.29) is 23.8 Å². The van der Waals surface area contributed by atoms with E-state index >= 15 is 0 Å². The van der Waals surface area contributed by atoms with Gasteiger partial charge >= 0.3 is 23.9 Å². The van der Waals surface area contributed by atoms with Gasteiger partial charge in [-0.2, -0.15) is 0 Å². The second kappa shape index (κ2) is 26.0. The molecule has 0 atom stereocenters. The highest BCUT2D eigenvalue weighted by Gasteiger charge is 2.14. The van der Waals surface area contributed by atoms with Crippen LogP contribution in [0.25, 0.3) is 11.1 Å². The van der Waals surface area contributed by atoms with Crippen LogP contribution in [0.5, 0.6) is 0 Å². The fourth-order valence-corrected chi connectivity index (χ4v) is 5.87. The lowest BCUT2D eigenvalue weighted by Gasteiger charge is -2.14. The highest BCUT2D eigenvalue weighted by atomic mass is 35.5. The van der Waals surface area contributed by atoms with E-state index in [0.717, 1.165) is 0 Å². The normalized spacial score (nSPS) is 9.73. The molecule has 4 aromatic carbocycles. The molecule has 0 saturated heterocycles. The zero-order chi connectivity index (χ0) is 41.9. The van der Waals surface area contributed by atoms with Crippen LogP contribution in [0.15, 0.2) is 134 Å². The Bertz CT molecular complexity index is 2120. The third-order valence-electron chi connectivity index (χ3n) is 7.56. The molecule has 0 bridgehead atoms. The van der Waals surface area contributed by atoms with Gasteiger partial charge in [-0.15, -0.1) is 0 Å². The van der Waals surface area contributed by atoms with Crippen LogP contribution in [0.1, 0.15) is 11.1 Å². The molecule has 0 fully saturated rings. The lowest BCUT2D eigenvalue weighted by atomic mass is 10.1. The lowest BCUT2D eigenvalue weighted by molar-refractivity contribution is -0.154. The first kappa shape index (κ1) is 49.9. The van der Waals surface area contributed by atoms with Crippen molar-refractivity contribution in [2.24, 2.45) is 0 Å². The number of benzene rings is 4. The van der Waals surface area contributed by atoms with Gasteiger partial charge in [0, 0.05) is 36.2 Å². The number of carbonyl (C=O) groups is 4. The monoisotopic (exact) mass is 898 g/mol. The van der Waals surface area contributed by atoms with Gasteiger partial charge in [-0.1, -0.05) is 94.9 Å². The molecule has 14 nitrogen and oxygen atoms in total. The number of carbonyl (C=O) groups excluding carboxylic acids is 2. The average molecular weight is 901 g/mol. The van der Waals surface area contributed by atoms with E-state index in [1.807, 2.05) is 24.3 Å². The summed E-state index contributed by atoms with van der Waals surface area (Å²) in [5.74, 6) is -3.67. The Morgan fingerprint density at radius 1 is 0.483 bits per heavy atom. The first-order chi connectivity index (χ1) is 27.9. The number of ether oxygens (including phenoxy) is 2. The van der Waals surface area contributed by atoms with E-state index in [0.29, 0.717) is 54.0 Å². The maximum absolute atomic E-state index is 11.7. The van der Waals surface area contributed by atoms with Crippen LogP contribution in [0.4, 0.5) is 22.7 Å². The predicted octanol–water partition coefficient (Wildman–Crippen LogP) is 8.31. The number of carboxylic acid groups (broad SMARTS) is 2. The SMILES string of the molecule is O.O.O=C(O)COC(=O)Cc1ccccc1Nc1c(Cl)cccc1Cl.O=C(O)COC(=O)Cc1ccccc1Nc1c(Cl)cccc1Cl.c1cc(-c2ccncc2)ccn1. The standard InChI is InChI=1S/2C16H13Cl2NO4.C10H8N2.2H2O/c2*17-11-5-3-6-12(18)16(11)19-13-7-2-1-4-10(13)8-15(22)23-9-14(20)21;1-5-11-6-2-9(1)10-3-7-12-8-4-10;;/h2*1-7,19H,8-9H2,(H,20,21);1-8H;2*1H2. The zero-order valence-electron chi connectivity index (χ0n) is 31.3. The second-order valence-corrected chi connectivity index (χ2v) is 13.3. The van der Waals surface area contributed by atoms with Crippen molar-refractivity contribution in [2.75, 3.05) is 23.8 Å². The molecule has 0 unspecified atom stereocenters. The highest BCUT2D eigenvalue weighted by Crippen LogP contribution is 2.35. The fourth-order valence-electron chi connectivity index (χ4n) is 4.88. The molecular weight excluding hydrogens is 862 g/mol. The van der Waals surface area contributed by atoms with Crippen LogP contribution < -0.4 is 10.6 Å². The highest BCUT2D eigenvalue weighted by molar-refractivity contribution is 6.40. The first-order valence-corrected chi connectivity index (χ1v) is 18.6. The Morgan fingerprint density at radius 3 is 1.12 bits per heavy atom. The molecule has 0 saturated carbocycles. The fraction of sp³-hybridized carbons (Fsp3) is 0.0952. The molecule has 18 heteroatoms.